The second-order valence-electron chi connectivity index (χ2n) is 11.2. The first-order valence-electron chi connectivity index (χ1n) is 13.5. The standard InChI is InChI=1S/C29H30Cl2F2N2O8S2/c1-29(2,3)43-28(37)35(45(4,38)39)18-10-25(44-15-18)26(36)41-23(11-19-20(30)12-34-13-21(19)31)17-7-8-22(42-27(32)33)24(9-17)40-14-16-5-6-16/h7-10,12-13,15-16,23,27H,5-6,11,14H2,1-4H3/t23-/m0/s1. The molecule has 1 saturated carbocycles. The van der Waals surface area contributed by atoms with Crippen LogP contribution in [0, 0.1) is 5.92 Å². The van der Waals surface area contributed by atoms with Crippen LogP contribution >= 0.6 is 34.5 Å². The number of thiophene rings is 1. The average molecular weight is 708 g/mol. The van der Waals surface area contributed by atoms with E-state index in [1.165, 1.54) is 42.0 Å². The summed E-state index contributed by atoms with van der Waals surface area (Å²) in [7, 11) is -4.14. The summed E-state index contributed by atoms with van der Waals surface area (Å²) in [5.74, 6) is -0.725. The predicted molar refractivity (Wildman–Crippen MR) is 165 cm³/mol. The normalized spacial score (nSPS) is 14.2. The van der Waals surface area contributed by atoms with Gasteiger partial charge in [-0.05, 0) is 68.9 Å². The van der Waals surface area contributed by atoms with Gasteiger partial charge < -0.3 is 18.9 Å². The van der Waals surface area contributed by atoms with Crippen molar-refractivity contribution in [3.05, 3.63) is 68.1 Å². The molecule has 0 radical (unpaired) electrons. The van der Waals surface area contributed by atoms with Gasteiger partial charge in [0.1, 0.15) is 16.6 Å². The van der Waals surface area contributed by atoms with E-state index in [0.29, 0.717) is 28.0 Å². The highest BCUT2D eigenvalue weighted by atomic mass is 35.5. The molecule has 16 heteroatoms. The van der Waals surface area contributed by atoms with Crippen LogP contribution in [0.15, 0.2) is 42.0 Å². The molecule has 10 nitrogen and oxygen atoms in total. The van der Waals surface area contributed by atoms with E-state index in [9.17, 15) is 26.8 Å². The number of benzene rings is 1. The fourth-order valence-electron chi connectivity index (χ4n) is 4.03. The first-order chi connectivity index (χ1) is 21.0. The minimum atomic E-state index is -4.14. The Kier molecular flexibility index (Phi) is 10.8. The number of hydrogen-bond acceptors (Lipinski definition) is 10. The molecule has 0 spiro atoms. The number of sulfonamides is 1. The van der Waals surface area contributed by atoms with Crippen molar-refractivity contribution >= 4 is 62.3 Å². The van der Waals surface area contributed by atoms with E-state index in [2.05, 4.69) is 9.72 Å². The summed E-state index contributed by atoms with van der Waals surface area (Å²) in [5.41, 5.74) is -0.357. The molecule has 1 aromatic carbocycles. The lowest BCUT2D eigenvalue weighted by Gasteiger charge is -2.25. The number of nitrogens with zero attached hydrogens (tertiary/aromatic N) is 2. The van der Waals surface area contributed by atoms with Crippen LogP contribution in [-0.2, 0) is 25.9 Å². The molecule has 0 unspecified atom stereocenters. The Labute approximate surface area is 273 Å². The maximum Gasteiger partial charge on any atom is 0.428 e. The minimum absolute atomic E-state index is 0.0345. The monoisotopic (exact) mass is 706 g/mol. The Bertz CT molecular complexity index is 1640. The zero-order chi connectivity index (χ0) is 33.1. The third-order valence-corrected chi connectivity index (χ3v) is 8.80. The van der Waals surface area contributed by atoms with Crippen LogP contribution in [0.4, 0.5) is 19.3 Å². The number of rotatable bonds is 12. The zero-order valence-electron chi connectivity index (χ0n) is 24.6. The molecule has 244 valence electrons. The quantitative estimate of drug-likeness (QED) is 0.175. The summed E-state index contributed by atoms with van der Waals surface area (Å²) in [6.45, 7) is 1.94. The van der Waals surface area contributed by atoms with Gasteiger partial charge in [0.25, 0.3) is 0 Å². The third-order valence-electron chi connectivity index (χ3n) is 6.23. The number of hydrogen-bond donors (Lipinski definition) is 0. The maximum absolute atomic E-state index is 13.5. The van der Waals surface area contributed by atoms with Gasteiger partial charge in [0.05, 0.1) is 28.6 Å². The smallest absolute Gasteiger partial charge is 0.428 e. The van der Waals surface area contributed by atoms with Crippen molar-refractivity contribution in [2.45, 2.75) is 58.4 Å². The molecule has 2 aromatic heterocycles. The number of aromatic nitrogens is 1. The average Bonchev–Trinajstić information content (AvgIpc) is 3.62. The number of esters is 1. The molecule has 3 aromatic rings. The molecule has 0 saturated heterocycles. The summed E-state index contributed by atoms with van der Waals surface area (Å²) in [6.07, 6.45) is 3.20. The van der Waals surface area contributed by atoms with Crippen molar-refractivity contribution in [3.63, 3.8) is 0 Å². The Balaban J connectivity index is 1.67. The van der Waals surface area contributed by atoms with Crippen molar-refractivity contribution in [2.75, 3.05) is 17.2 Å². The molecule has 1 fully saturated rings. The Hall–Kier alpha value is -3.20. The van der Waals surface area contributed by atoms with Crippen LogP contribution in [0.1, 0.15) is 60.5 Å². The number of ether oxygens (including phenoxy) is 4. The topological polar surface area (TPSA) is 121 Å². The first-order valence-corrected chi connectivity index (χ1v) is 17.0. The highest BCUT2D eigenvalue weighted by Gasteiger charge is 2.32. The number of halogens is 4. The SMILES string of the molecule is CC(C)(C)OC(=O)N(c1csc(C(=O)O[C@@H](Cc2c(Cl)cncc2Cl)c2ccc(OC(F)F)c(OCC3CC3)c2)c1)S(C)(=O)=O. The lowest BCUT2D eigenvalue weighted by molar-refractivity contribution is -0.0515. The zero-order valence-corrected chi connectivity index (χ0v) is 27.7. The predicted octanol–water partition coefficient (Wildman–Crippen LogP) is 7.68. The molecule has 1 aliphatic carbocycles. The lowest BCUT2D eigenvalue weighted by atomic mass is 10.0. The van der Waals surface area contributed by atoms with E-state index in [0.717, 1.165) is 30.4 Å². The van der Waals surface area contributed by atoms with Gasteiger partial charge in [0.2, 0.25) is 10.0 Å². The molecular formula is C29H30Cl2F2N2O8S2. The summed E-state index contributed by atoms with van der Waals surface area (Å²) in [4.78, 5) is 30.1. The molecule has 4 rings (SSSR count). The van der Waals surface area contributed by atoms with E-state index >= 15 is 0 Å². The number of carbonyl (C=O) groups excluding carboxylic acids is 2. The lowest BCUT2D eigenvalue weighted by Crippen LogP contribution is -2.40. The minimum Gasteiger partial charge on any atom is -0.489 e. The molecule has 45 heavy (non-hydrogen) atoms. The van der Waals surface area contributed by atoms with Crippen molar-refractivity contribution in [1.29, 1.82) is 0 Å². The van der Waals surface area contributed by atoms with Gasteiger partial charge in [-0.3, -0.25) is 4.98 Å². The molecule has 2 heterocycles. The second kappa shape index (κ2) is 14.1. The van der Waals surface area contributed by atoms with Crippen LogP contribution < -0.4 is 13.8 Å². The molecule has 1 aliphatic rings. The first kappa shape index (κ1) is 34.7. The molecule has 1 amide bonds. The number of carbonyl (C=O) groups is 2. The van der Waals surface area contributed by atoms with E-state index in [1.807, 2.05) is 0 Å². The van der Waals surface area contributed by atoms with Crippen LogP contribution in [-0.4, -0.2) is 50.5 Å². The van der Waals surface area contributed by atoms with Gasteiger partial charge in [-0.1, -0.05) is 29.3 Å². The van der Waals surface area contributed by atoms with E-state index in [-0.39, 0.29) is 38.5 Å². The fourth-order valence-corrected chi connectivity index (χ4v) is 6.17. The fraction of sp³-hybridized carbons (Fsp3) is 0.414. The van der Waals surface area contributed by atoms with Gasteiger partial charge in [-0.15, -0.1) is 11.3 Å². The van der Waals surface area contributed by atoms with Crippen molar-refractivity contribution in [1.82, 2.24) is 4.98 Å². The van der Waals surface area contributed by atoms with Crippen LogP contribution in [0.2, 0.25) is 10.0 Å². The largest absolute Gasteiger partial charge is 0.489 e. The van der Waals surface area contributed by atoms with Crippen molar-refractivity contribution in [3.8, 4) is 11.5 Å². The Morgan fingerprint density at radius 1 is 1.11 bits per heavy atom. The number of alkyl halides is 2. The maximum atomic E-state index is 13.5. The van der Waals surface area contributed by atoms with Crippen LogP contribution in [0.25, 0.3) is 0 Å². The Morgan fingerprint density at radius 3 is 2.36 bits per heavy atom. The summed E-state index contributed by atoms with van der Waals surface area (Å²) >= 11 is 13.6. The number of pyridine rings is 1. The van der Waals surface area contributed by atoms with Crippen LogP contribution in [0.3, 0.4) is 0 Å². The van der Waals surface area contributed by atoms with Gasteiger partial charge >= 0.3 is 18.7 Å². The van der Waals surface area contributed by atoms with Gasteiger partial charge in [0.15, 0.2) is 11.5 Å². The second-order valence-corrected chi connectivity index (χ2v) is 14.8. The highest BCUT2D eigenvalue weighted by molar-refractivity contribution is 7.92. The molecular weight excluding hydrogens is 677 g/mol. The third kappa shape index (κ3) is 9.65. The van der Waals surface area contributed by atoms with Gasteiger partial charge in [0, 0.05) is 24.2 Å². The molecule has 0 aliphatic heterocycles. The highest BCUT2D eigenvalue weighted by Crippen LogP contribution is 2.38. The van der Waals surface area contributed by atoms with Crippen molar-refractivity contribution < 1.29 is 45.7 Å². The summed E-state index contributed by atoms with van der Waals surface area (Å²) in [5, 5.41) is 1.70. The van der Waals surface area contributed by atoms with E-state index in [4.69, 9.17) is 37.4 Å². The molecule has 0 bridgehead atoms. The number of amides is 1. The summed E-state index contributed by atoms with van der Waals surface area (Å²) in [6, 6.07) is 5.35. The Morgan fingerprint density at radius 2 is 1.78 bits per heavy atom. The van der Waals surface area contributed by atoms with Crippen LogP contribution in [0.5, 0.6) is 11.5 Å². The van der Waals surface area contributed by atoms with Gasteiger partial charge in [-0.2, -0.15) is 13.1 Å². The van der Waals surface area contributed by atoms with Crippen molar-refractivity contribution in [2.24, 2.45) is 5.92 Å². The number of anilines is 1. The van der Waals surface area contributed by atoms with E-state index in [1.54, 1.807) is 20.8 Å². The molecule has 1 atom stereocenters. The van der Waals surface area contributed by atoms with E-state index < -0.39 is 40.4 Å². The summed E-state index contributed by atoms with van der Waals surface area (Å²) < 4.78 is 73.2. The van der Waals surface area contributed by atoms with Gasteiger partial charge in [-0.25, -0.2) is 18.0 Å². The molecule has 0 N–H and O–H groups in total.